The van der Waals surface area contributed by atoms with E-state index in [0.717, 1.165) is 21.5 Å². The van der Waals surface area contributed by atoms with E-state index in [1.54, 1.807) is 24.3 Å². The molecule has 3 nitrogen and oxygen atoms in total. The second kappa shape index (κ2) is 5.21. The highest BCUT2D eigenvalue weighted by Crippen LogP contribution is 2.32. The molecule has 2 N–H and O–H groups in total. The van der Waals surface area contributed by atoms with Crippen LogP contribution in [0, 0.1) is 0 Å². The van der Waals surface area contributed by atoms with Gasteiger partial charge in [-0.15, -0.1) is 0 Å². The van der Waals surface area contributed by atoms with E-state index in [1.807, 2.05) is 48.5 Å². The lowest BCUT2D eigenvalue weighted by molar-refractivity contribution is 0.479. The molecule has 4 aromatic rings. The summed E-state index contributed by atoms with van der Waals surface area (Å²) in [6, 6.07) is 21.9. The molecule has 4 rings (SSSR count). The Hall–Kier alpha value is -3.20. The van der Waals surface area contributed by atoms with Gasteiger partial charge in [0.15, 0.2) is 0 Å². The number of hydrogen-bond acceptors (Lipinski definition) is 3. The highest BCUT2D eigenvalue weighted by molar-refractivity contribution is 5.90. The molecular weight excluding hydrogens is 288 g/mol. The Morgan fingerprint density at radius 2 is 1.04 bits per heavy atom. The zero-order chi connectivity index (χ0) is 15.8. The third-order valence-corrected chi connectivity index (χ3v) is 3.89. The van der Waals surface area contributed by atoms with Crippen LogP contribution < -0.4 is 4.74 Å². The first kappa shape index (κ1) is 13.5. The standard InChI is InChI=1S/C20H14O3/c21-19-5-1-3-13-11-15(7-9-17(13)19)23-16-8-10-18-14(12-16)4-2-6-20(18)22/h1-12,21-22H. The number of phenols is 2. The van der Waals surface area contributed by atoms with Crippen molar-refractivity contribution in [3.8, 4) is 23.0 Å². The predicted molar refractivity (Wildman–Crippen MR) is 91.3 cm³/mol. The van der Waals surface area contributed by atoms with Crippen LogP contribution in [0.3, 0.4) is 0 Å². The summed E-state index contributed by atoms with van der Waals surface area (Å²) in [6.07, 6.45) is 0. The van der Waals surface area contributed by atoms with Crippen molar-refractivity contribution >= 4 is 21.5 Å². The van der Waals surface area contributed by atoms with Crippen LogP contribution in [0.2, 0.25) is 0 Å². The normalized spacial score (nSPS) is 11.0. The Bertz CT molecular complexity index is 938. The van der Waals surface area contributed by atoms with E-state index >= 15 is 0 Å². The first-order valence-corrected chi connectivity index (χ1v) is 7.32. The monoisotopic (exact) mass is 302 g/mol. The van der Waals surface area contributed by atoms with Crippen LogP contribution in [0.25, 0.3) is 21.5 Å². The summed E-state index contributed by atoms with van der Waals surface area (Å²) in [5, 5.41) is 23.1. The fourth-order valence-corrected chi connectivity index (χ4v) is 2.75. The van der Waals surface area contributed by atoms with Gasteiger partial charge in [0.25, 0.3) is 0 Å². The van der Waals surface area contributed by atoms with Gasteiger partial charge in [0, 0.05) is 10.8 Å². The van der Waals surface area contributed by atoms with Gasteiger partial charge in [-0.1, -0.05) is 24.3 Å². The molecule has 0 atom stereocenters. The molecule has 0 aliphatic heterocycles. The number of phenolic OH excluding ortho intramolecular Hbond substituents is 2. The van der Waals surface area contributed by atoms with E-state index in [4.69, 9.17) is 4.74 Å². The summed E-state index contributed by atoms with van der Waals surface area (Å²) in [4.78, 5) is 0. The fourth-order valence-electron chi connectivity index (χ4n) is 2.75. The van der Waals surface area contributed by atoms with E-state index in [2.05, 4.69) is 0 Å². The van der Waals surface area contributed by atoms with Gasteiger partial charge in [-0.2, -0.15) is 0 Å². The highest BCUT2D eigenvalue weighted by atomic mass is 16.5. The van der Waals surface area contributed by atoms with Crippen molar-refractivity contribution in [3.05, 3.63) is 72.8 Å². The van der Waals surface area contributed by atoms with Crippen LogP contribution in [0.15, 0.2) is 72.8 Å². The lowest BCUT2D eigenvalue weighted by Gasteiger charge is -2.09. The highest BCUT2D eigenvalue weighted by Gasteiger charge is 2.05. The summed E-state index contributed by atoms with van der Waals surface area (Å²) < 4.78 is 5.91. The molecule has 0 radical (unpaired) electrons. The molecule has 4 aromatic carbocycles. The van der Waals surface area contributed by atoms with Crippen molar-refractivity contribution in [2.24, 2.45) is 0 Å². The first-order valence-electron chi connectivity index (χ1n) is 7.32. The minimum Gasteiger partial charge on any atom is -0.507 e. The predicted octanol–water partition coefficient (Wildman–Crippen LogP) is 5.20. The number of hydrogen-bond donors (Lipinski definition) is 2. The SMILES string of the molecule is Oc1cccc2cc(Oc3ccc4c(O)cccc4c3)ccc12. The van der Waals surface area contributed by atoms with Gasteiger partial charge in [-0.05, 0) is 59.3 Å². The topological polar surface area (TPSA) is 49.7 Å². The maximum Gasteiger partial charge on any atom is 0.128 e. The molecule has 0 bridgehead atoms. The zero-order valence-corrected chi connectivity index (χ0v) is 12.2. The maximum absolute atomic E-state index is 9.83. The number of aromatic hydroxyl groups is 2. The second-order valence-corrected chi connectivity index (χ2v) is 5.42. The molecule has 0 saturated carbocycles. The molecule has 0 heterocycles. The number of fused-ring (bicyclic) bond motifs is 2. The van der Waals surface area contributed by atoms with Crippen LogP contribution in [-0.4, -0.2) is 10.2 Å². The third kappa shape index (κ3) is 2.42. The van der Waals surface area contributed by atoms with E-state index in [0.29, 0.717) is 11.5 Å². The van der Waals surface area contributed by atoms with E-state index in [1.165, 1.54) is 0 Å². The van der Waals surface area contributed by atoms with Crippen molar-refractivity contribution < 1.29 is 14.9 Å². The van der Waals surface area contributed by atoms with Gasteiger partial charge >= 0.3 is 0 Å². The van der Waals surface area contributed by atoms with Crippen molar-refractivity contribution in [2.45, 2.75) is 0 Å². The molecule has 23 heavy (non-hydrogen) atoms. The molecular formula is C20H14O3. The Balaban J connectivity index is 1.73. The van der Waals surface area contributed by atoms with Crippen molar-refractivity contribution in [1.82, 2.24) is 0 Å². The van der Waals surface area contributed by atoms with Gasteiger partial charge in [0.2, 0.25) is 0 Å². The third-order valence-electron chi connectivity index (χ3n) is 3.89. The molecule has 0 fully saturated rings. The van der Waals surface area contributed by atoms with Crippen LogP contribution in [0.4, 0.5) is 0 Å². The average molecular weight is 302 g/mol. The van der Waals surface area contributed by atoms with Crippen LogP contribution in [0.1, 0.15) is 0 Å². The Morgan fingerprint density at radius 1 is 0.565 bits per heavy atom. The van der Waals surface area contributed by atoms with Crippen LogP contribution in [-0.2, 0) is 0 Å². The lowest BCUT2D eigenvalue weighted by atomic mass is 10.1. The lowest BCUT2D eigenvalue weighted by Crippen LogP contribution is -1.85. The van der Waals surface area contributed by atoms with Gasteiger partial charge in [-0.3, -0.25) is 0 Å². The maximum atomic E-state index is 9.83. The largest absolute Gasteiger partial charge is 0.507 e. The summed E-state index contributed by atoms with van der Waals surface area (Å²) in [5.41, 5.74) is 0. The Kier molecular flexibility index (Phi) is 3.05. The molecule has 0 amide bonds. The molecule has 112 valence electrons. The average Bonchev–Trinajstić information content (AvgIpc) is 2.55. The van der Waals surface area contributed by atoms with E-state index in [9.17, 15) is 10.2 Å². The molecule has 0 aromatic heterocycles. The Morgan fingerprint density at radius 3 is 1.52 bits per heavy atom. The summed E-state index contributed by atoms with van der Waals surface area (Å²) in [7, 11) is 0. The minimum atomic E-state index is 0.259. The quantitative estimate of drug-likeness (QED) is 0.535. The Labute approximate surface area is 133 Å². The van der Waals surface area contributed by atoms with Gasteiger partial charge in [0.05, 0.1) is 0 Å². The van der Waals surface area contributed by atoms with Crippen molar-refractivity contribution in [2.75, 3.05) is 0 Å². The first-order chi connectivity index (χ1) is 11.2. The number of benzene rings is 4. The number of ether oxygens (including phenoxy) is 1. The fraction of sp³-hybridized carbons (Fsp3) is 0. The second-order valence-electron chi connectivity index (χ2n) is 5.42. The summed E-state index contributed by atoms with van der Waals surface area (Å²) >= 11 is 0. The van der Waals surface area contributed by atoms with E-state index in [-0.39, 0.29) is 11.5 Å². The summed E-state index contributed by atoms with van der Waals surface area (Å²) in [5.74, 6) is 1.91. The molecule has 0 saturated heterocycles. The zero-order valence-electron chi connectivity index (χ0n) is 12.2. The van der Waals surface area contributed by atoms with Gasteiger partial charge in [0.1, 0.15) is 23.0 Å². The van der Waals surface area contributed by atoms with Gasteiger partial charge in [-0.25, -0.2) is 0 Å². The van der Waals surface area contributed by atoms with Crippen molar-refractivity contribution in [3.63, 3.8) is 0 Å². The van der Waals surface area contributed by atoms with Crippen molar-refractivity contribution in [1.29, 1.82) is 0 Å². The van der Waals surface area contributed by atoms with Crippen LogP contribution in [0.5, 0.6) is 23.0 Å². The molecule has 0 aliphatic rings. The molecule has 0 unspecified atom stereocenters. The minimum absolute atomic E-state index is 0.259. The molecule has 0 spiro atoms. The van der Waals surface area contributed by atoms with E-state index < -0.39 is 0 Å². The van der Waals surface area contributed by atoms with Crippen LogP contribution >= 0.6 is 0 Å². The molecule has 3 heteroatoms. The summed E-state index contributed by atoms with van der Waals surface area (Å²) in [6.45, 7) is 0. The molecule has 0 aliphatic carbocycles. The number of rotatable bonds is 2. The van der Waals surface area contributed by atoms with Gasteiger partial charge < -0.3 is 14.9 Å². The smallest absolute Gasteiger partial charge is 0.128 e.